The number of benzene rings is 1. The van der Waals surface area contributed by atoms with Gasteiger partial charge in [0, 0.05) is 16.8 Å². The highest BCUT2D eigenvalue weighted by Gasteiger charge is 2.36. The largest absolute Gasteiger partial charge is 0.443 e. The minimum Gasteiger partial charge on any atom is -0.443 e. The Kier molecular flexibility index (Phi) is 11.9. The second kappa shape index (κ2) is 14.9. The molecule has 0 saturated carbocycles. The van der Waals surface area contributed by atoms with Crippen molar-refractivity contribution in [1.29, 1.82) is 0 Å². The van der Waals surface area contributed by atoms with Crippen molar-refractivity contribution in [3.63, 3.8) is 0 Å². The first-order chi connectivity index (χ1) is 23.3. The Balaban J connectivity index is 0.00000226. The summed E-state index contributed by atoms with van der Waals surface area (Å²) in [4.78, 5) is 64.8. The summed E-state index contributed by atoms with van der Waals surface area (Å²) in [6.45, 7) is 23.8. The third kappa shape index (κ3) is 10.4. The molecule has 0 aliphatic heterocycles. The van der Waals surface area contributed by atoms with Crippen LogP contribution >= 0.6 is 11.6 Å². The van der Waals surface area contributed by atoms with Crippen molar-refractivity contribution in [1.82, 2.24) is 19.1 Å². The maximum atomic E-state index is 13.8. The van der Waals surface area contributed by atoms with Crippen LogP contribution < -0.4 is 4.90 Å². The van der Waals surface area contributed by atoms with Crippen molar-refractivity contribution in [2.45, 2.75) is 119 Å². The molecule has 13 nitrogen and oxygen atoms in total. The third-order valence-electron chi connectivity index (χ3n) is 6.29. The number of hydrogen-bond acceptors (Lipinski definition) is 10. The summed E-state index contributed by atoms with van der Waals surface area (Å²) in [5, 5.41) is 0.698. The number of para-hydroxylation sites is 1. The van der Waals surface area contributed by atoms with Gasteiger partial charge < -0.3 is 18.9 Å². The molecule has 4 rings (SSSR count). The summed E-state index contributed by atoms with van der Waals surface area (Å²) in [6.07, 6.45) is -3.60. The number of halogens is 1. The maximum absolute atomic E-state index is 13.8. The van der Waals surface area contributed by atoms with Crippen LogP contribution in [0.4, 0.5) is 25.0 Å². The van der Waals surface area contributed by atoms with Crippen LogP contribution in [0.5, 0.6) is 0 Å². The van der Waals surface area contributed by atoms with Crippen LogP contribution in [0, 0.1) is 6.92 Å². The van der Waals surface area contributed by atoms with Gasteiger partial charge in [0.25, 0.3) is 0 Å². The molecule has 0 spiro atoms. The van der Waals surface area contributed by atoms with Gasteiger partial charge in [-0.15, -0.1) is 11.6 Å². The van der Waals surface area contributed by atoms with E-state index in [1.54, 1.807) is 108 Å². The number of fused-ring (bicyclic) bond motifs is 2. The van der Waals surface area contributed by atoms with Crippen molar-refractivity contribution >= 4 is 63.9 Å². The fraction of sp³-hybridized carbons (Fsp3) is 0.514. The number of imide groups is 1. The number of alkyl halides is 1. The van der Waals surface area contributed by atoms with Crippen LogP contribution in [0.25, 0.3) is 33.3 Å². The molecule has 0 saturated heterocycles. The number of hydrogen-bond donors (Lipinski definition) is 0. The van der Waals surface area contributed by atoms with Crippen LogP contribution in [-0.2, 0) is 18.9 Å². The summed E-state index contributed by atoms with van der Waals surface area (Å²) in [6, 6.07) is 10.4. The number of carbonyl (C=O) groups is 4. The van der Waals surface area contributed by atoms with Gasteiger partial charge >= 0.3 is 24.4 Å². The van der Waals surface area contributed by atoms with E-state index in [9.17, 15) is 19.2 Å². The number of aryl methyl sites for hydroxylation is 1. The highest BCUT2D eigenvalue weighted by Crippen LogP contribution is 2.37. The van der Waals surface area contributed by atoms with Gasteiger partial charge in [0.1, 0.15) is 33.7 Å². The van der Waals surface area contributed by atoms with E-state index in [0.29, 0.717) is 21.5 Å². The number of aromatic nitrogens is 4. The van der Waals surface area contributed by atoms with Gasteiger partial charge in [0.05, 0.1) is 11.2 Å². The Bertz CT molecular complexity index is 1910. The Labute approximate surface area is 304 Å². The molecular weight excluding hydrogens is 678 g/mol. The van der Waals surface area contributed by atoms with Crippen LogP contribution in [0.2, 0.25) is 0 Å². The molecule has 3 heterocycles. The van der Waals surface area contributed by atoms with E-state index in [1.165, 1.54) is 10.6 Å². The molecule has 2 amide bonds. The first-order valence-corrected chi connectivity index (χ1v) is 17.1. The molecule has 4 aromatic rings. The lowest BCUT2D eigenvalue weighted by atomic mass is 10.1. The summed E-state index contributed by atoms with van der Waals surface area (Å²) in [5.41, 5.74) is -2.44. The minimum absolute atomic E-state index is 0.0348. The monoisotopic (exact) mass is 727 g/mol. The third-order valence-corrected chi connectivity index (χ3v) is 6.29. The van der Waals surface area contributed by atoms with E-state index in [4.69, 9.17) is 30.5 Å². The minimum atomic E-state index is -1.07. The summed E-state index contributed by atoms with van der Waals surface area (Å²) in [5.74, 6) is 0.692. The molecule has 51 heavy (non-hydrogen) atoms. The number of nitrogens with zero attached hydrogens (tertiary/aromatic N) is 5. The number of pyridine rings is 1. The lowest BCUT2D eigenvalue weighted by molar-refractivity contribution is 0.0425. The van der Waals surface area contributed by atoms with E-state index in [0.717, 1.165) is 10.4 Å². The van der Waals surface area contributed by atoms with Crippen LogP contribution in [0.3, 0.4) is 0 Å². The molecule has 1 aromatic carbocycles. The van der Waals surface area contributed by atoms with Gasteiger partial charge in [-0.2, -0.15) is 4.90 Å². The first-order valence-electron chi connectivity index (χ1n) is 16.6. The second-order valence-corrected chi connectivity index (χ2v) is 16.2. The molecule has 278 valence electrons. The van der Waals surface area contributed by atoms with Crippen molar-refractivity contribution < 1.29 is 38.1 Å². The fourth-order valence-electron chi connectivity index (χ4n) is 4.71. The smallest absolute Gasteiger partial charge is 0.425 e. The Morgan fingerprint density at radius 2 is 1.16 bits per heavy atom. The molecule has 0 aliphatic rings. The van der Waals surface area contributed by atoms with Crippen molar-refractivity contribution in [3.8, 4) is 11.3 Å². The van der Waals surface area contributed by atoms with Crippen LogP contribution in [0.1, 0.15) is 95.8 Å². The molecule has 0 fully saturated rings. The van der Waals surface area contributed by atoms with Crippen molar-refractivity contribution in [3.05, 3.63) is 42.2 Å². The summed E-state index contributed by atoms with van der Waals surface area (Å²) < 4.78 is 25.2. The first kappa shape index (κ1) is 40.8. The van der Waals surface area contributed by atoms with E-state index in [1.807, 2.05) is 19.1 Å². The van der Waals surface area contributed by atoms with Gasteiger partial charge in [-0.05, 0) is 108 Å². The topological polar surface area (TPSA) is 144 Å². The molecule has 0 atom stereocenters. The van der Waals surface area contributed by atoms with Gasteiger partial charge in [-0.1, -0.05) is 25.1 Å². The standard InChI is InChI=1S/C35H45N5O8.C2H5Cl/c1-20-36-26-22(24-18-21-16-14-15-17-23(21)39(24)29(42)46-33(5,6)7)19-25(37-27(26)38(20)28(41)45-32(2,3)4)40(30(43)47-34(8,9)10)31(44)48-35(11,12)13;1-2-3/h14-19H,1-13H3;2H2,1H3. The predicted octanol–water partition coefficient (Wildman–Crippen LogP) is 9.85. The summed E-state index contributed by atoms with van der Waals surface area (Å²) >= 11 is 5.00. The molecule has 0 bridgehead atoms. The van der Waals surface area contributed by atoms with Gasteiger partial charge in [-0.3, -0.25) is 0 Å². The molecule has 0 unspecified atom stereocenters. The lowest BCUT2D eigenvalue weighted by Crippen LogP contribution is -2.44. The quantitative estimate of drug-likeness (QED) is 0.144. The SMILES string of the molecule is CCCl.Cc1nc2c(-c3cc4ccccc4n3C(=O)OC(C)(C)C)cc(N(C(=O)OC(C)(C)C)C(=O)OC(C)(C)C)nc2n1C(=O)OC(C)(C)C. The van der Waals surface area contributed by atoms with E-state index in [-0.39, 0.29) is 28.4 Å². The van der Waals surface area contributed by atoms with Gasteiger partial charge in [-0.25, -0.2) is 38.3 Å². The van der Waals surface area contributed by atoms with Crippen LogP contribution in [0.15, 0.2) is 36.4 Å². The Hall–Kier alpha value is -4.65. The number of carbonyl (C=O) groups excluding carboxylic acids is 4. The number of imidazole rings is 1. The zero-order valence-corrected chi connectivity index (χ0v) is 32.8. The molecule has 0 aliphatic carbocycles. The summed E-state index contributed by atoms with van der Waals surface area (Å²) in [7, 11) is 0. The van der Waals surface area contributed by atoms with Crippen LogP contribution in [-0.4, -0.2) is 71.8 Å². The van der Waals surface area contributed by atoms with Crippen molar-refractivity contribution in [2.75, 3.05) is 10.8 Å². The van der Waals surface area contributed by atoms with E-state index >= 15 is 0 Å². The second-order valence-electron chi connectivity index (χ2n) is 15.6. The van der Waals surface area contributed by atoms with Crippen molar-refractivity contribution in [2.24, 2.45) is 0 Å². The molecule has 3 aromatic heterocycles. The molecular formula is C37H50ClN5O8. The zero-order chi connectivity index (χ0) is 38.9. The highest BCUT2D eigenvalue weighted by molar-refractivity contribution is 6.17. The molecule has 0 radical (unpaired) electrons. The number of amides is 2. The average molecular weight is 728 g/mol. The number of anilines is 1. The zero-order valence-electron chi connectivity index (χ0n) is 32.1. The van der Waals surface area contributed by atoms with Gasteiger partial charge in [0.15, 0.2) is 11.5 Å². The van der Waals surface area contributed by atoms with Gasteiger partial charge in [0.2, 0.25) is 0 Å². The van der Waals surface area contributed by atoms with E-state index in [2.05, 4.69) is 9.97 Å². The maximum Gasteiger partial charge on any atom is 0.425 e. The molecule has 0 N–H and O–H groups in total. The fourth-order valence-corrected chi connectivity index (χ4v) is 4.71. The highest BCUT2D eigenvalue weighted by atomic mass is 35.5. The Morgan fingerprint density at radius 1 is 0.706 bits per heavy atom. The number of ether oxygens (including phenoxy) is 4. The molecule has 14 heteroatoms. The average Bonchev–Trinajstić information content (AvgIpc) is 3.46. The predicted molar refractivity (Wildman–Crippen MR) is 198 cm³/mol. The van der Waals surface area contributed by atoms with E-state index < -0.39 is 46.8 Å². The number of rotatable bonds is 2. The Morgan fingerprint density at radius 3 is 1.63 bits per heavy atom. The normalized spacial score (nSPS) is 12.2. The lowest BCUT2D eigenvalue weighted by Gasteiger charge is -2.28.